The Morgan fingerprint density at radius 3 is 1.39 bits per heavy atom. The van der Waals surface area contributed by atoms with Gasteiger partial charge >= 0.3 is 18.2 Å². The molecule has 6 atom stereocenters. The number of benzene rings is 2. The van der Waals surface area contributed by atoms with Gasteiger partial charge in [0, 0.05) is 0 Å². The van der Waals surface area contributed by atoms with Gasteiger partial charge in [0.15, 0.2) is 11.6 Å². The maximum atomic E-state index is 12.9. The molecular formula is C48H81ClN14O9. The number of carbonyl (C=O) groups excluding carboxylic acids is 3. The third kappa shape index (κ3) is 23.6. The smallest absolute Gasteiger partial charge is 0.408 e. The standard InChI is InChI=1S/C24H39N7O4.C12H17N5.C12H24N2O5.ClH/c1-8-12-17(26-22(34)35-24(5,6)7)21(33)25-15-18(32)27-19(16-13-10-9-11-14-16)20-28-29-30-31(20)23(2,3)4;1-12(2,3)17-11(14-15-16-17)10(13)9-7-5-4-6-8-9;1-5-6-8(10(17)13-7-9(15)16)14-11(18)19-12(2,3)4;/h9-11,13-14,17,19,21,25,33H,8,12,15H2,1-7H3,(H,26,34)(H,27,32);4-8,10H,13H2,1-3H3;8,10,13,17H,5-7H2,1-4H3,(H,14,18)(H,15,16);1H. The van der Waals surface area contributed by atoms with Crippen molar-refractivity contribution in [3.05, 3.63) is 83.4 Å². The number of aliphatic hydroxyl groups is 2. The third-order valence-electron chi connectivity index (χ3n) is 9.69. The topological polar surface area (TPSA) is 321 Å². The Kier molecular flexibility index (Phi) is 26.4. The summed E-state index contributed by atoms with van der Waals surface area (Å²) in [6, 6.07) is 17.1. The Hall–Kier alpha value is -5.85. The molecule has 24 heteroatoms. The SMILES string of the molecule is CC(C)(C)n1nnnc1C(N)c1ccccc1.CCCC(NC(=O)OC(C)(C)C)C(O)NCC(=O)NC(c1ccccc1)c1nnnn1C(C)(C)C.CCCC(NC(=O)OC(C)(C)C)C(O)NCC(=O)O.Cl. The van der Waals surface area contributed by atoms with Gasteiger partial charge in [0.05, 0.1) is 42.3 Å². The molecule has 0 bridgehead atoms. The van der Waals surface area contributed by atoms with Crippen LogP contribution in [0.4, 0.5) is 9.59 Å². The highest BCUT2D eigenvalue weighted by molar-refractivity contribution is 5.85. The zero-order chi connectivity index (χ0) is 53.7. The molecular weight excluding hydrogens is 952 g/mol. The lowest BCUT2D eigenvalue weighted by atomic mass is 10.0. The van der Waals surface area contributed by atoms with Crippen LogP contribution in [-0.4, -0.2) is 129 Å². The number of carboxylic acid groups (broad SMARTS) is 1. The first-order valence-corrected chi connectivity index (χ1v) is 23.7. The second kappa shape index (κ2) is 29.6. The summed E-state index contributed by atoms with van der Waals surface area (Å²) in [7, 11) is 0. The van der Waals surface area contributed by atoms with Crippen molar-refractivity contribution in [2.24, 2.45) is 5.73 Å². The van der Waals surface area contributed by atoms with Gasteiger partial charge in [-0.05, 0) is 128 Å². The van der Waals surface area contributed by atoms with Crippen LogP contribution >= 0.6 is 12.4 Å². The number of alkyl carbamates (subject to hydrolysis) is 2. The first-order chi connectivity index (χ1) is 33.0. The van der Waals surface area contributed by atoms with Gasteiger partial charge in [0.25, 0.3) is 0 Å². The van der Waals surface area contributed by atoms with E-state index < -0.39 is 65.5 Å². The molecule has 0 spiro atoms. The van der Waals surface area contributed by atoms with Crippen LogP contribution in [0, 0.1) is 0 Å². The number of amides is 3. The number of aliphatic carboxylic acids is 1. The van der Waals surface area contributed by atoms with E-state index in [0.717, 1.165) is 24.0 Å². The van der Waals surface area contributed by atoms with E-state index in [-0.39, 0.29) is 43.0 Å². The average Bonchev–Trinajstić information content (AvgIpc) is 3.98. The predicted molar refractivity (Wildman–Crippen MR) is 274 cm³/mol. The quantitative estimate of drug-likeness (QED) is 0.0569. The number of carbonyl (C=O) groups is 4. The van der Waals surface area contributed by atoms with E-state index in [1.807, 2.05) is 116 Å². The summed E-state index contributed by atoms with van der Waals surface area (Å²) in [5.41, 5.74) is 6.16. The molecule has 0 saturated heterocycles. The molecule has 4 aromatic rings. The number of hydrogen-bond acceptors (Lipinski definition) is 17. The van der Waals surface area contributed by atoms with E-state index in [2.05, 4.69) is 57.6 Å². The molecule has 6 unspecified atom stereocenters. The van der Waals surface area contributed by atoms with Crippen molar-refractivity contribution in [1.82, 2.24) is 67.0 Å². The maximum absolute atomic E-state index is 12.9. The Balaban J connectivity index is 0.000000590. The van der Waals surface area contributed by atoms with Crippen molar-refractivity contribution in [2.45, 2.75) is 182 Å². The predicted octanol–water partition coefficient (Wildman–Crippen LogP) is 4.81. The van der Waals surface area contributed by atoms with Crippen molar-refractivity contribution in [2.75, 3.05) is 13.1 Å². The van der Waals surface area contributed by atoms with Crippen molar-refractivity contribution in [1.29, 1.82) is 0 Å². The number of aliphatic hydroxyl groups excluding tert-OH is 2. The summed E-state index contributed by atoms with van der Waals surface area (Å²) in [5, 5.41) is 66.2. The van der Waals surface area contributed by atoms with Crippen molar-refractivity contribution >= 4 is 36.5 Å². The number of hydrogen-bond donors (Lipinski definition) is 9. The highest BCUT2D eigenvalue weighted by Crippen LogP contribution is 2.25. The molecule has 2 aromatic carbocycles. The lowest BCUT2D eigenvalue weighted by Gasteiger charge is -2.27. The van der Waals surface area contributed by atoms with E-state index in [4.69, 9.17) is 20.3 Å². The zero-order valence-electron chi connectivity index (χ0n) is 44.3. The average molecular weight is 1030 g/mol. The highest BCUT2D eigenvalue weighted by atomic mass is 35.5. The van der Waals surface area contributed by atoms with Gasteiger partial charge < -0.3 is 46.5 Å². The molecule has 0 aliphatic carbocycles. The minimum absolute atomic E-state index is 0. The first kappa shape index (κ1) is 64.2. The van der Waals surface area contributed by atoms with E-state index in [1.54, 1.807) is 50.9 Å². The highest BCUT2D eigenvalue weighted by Gasteiger charge is 2.30. The van der Waals surface area contributed by atoms with Gasteiger partial charge in [-0.25, -0.2) is 19.0 Å². The minimum atomic E-state index is -1.15. The van der Waals surface area contributed by atoms with E-state index in [9.17, 15) is 29.4 Å². The molecule has 10 N–H and O–H groups in total. The van der Waals surface area contributed by atoms with Gasteiger partial charge in [-0.15, -0.1) is 22.6 Å². The molecule has 2 heterocycles. The lowest BCUT2D eigenvalue weighted by Crippen LogP contribution is -2.53. The van der Waals surface area contributed by atoms with Crippen LogP contribution in [0.5, 0.6) is 0 Å². The fourth-order valence-corrected chi connectivity index (χ4v) is 6.51. The molecule has 404 valence electrons. The number of nitrogens with one attached hydrogen (secondary N) is 5. The monoisotopic (exact) mass is 1030 g/mol. The fourth-order valence-electron chi connectivity index (χ4n) is 6.51. The summed E-state index contributed by atoms with van der Waals surface area (Å²) in [6.45, 7) is 25.8. The number of nitrogens with zero attached hydrogens (tertiary/aromatic N) is 8. The lowest BCUT2D eigenvalue weighted by molar-refractivity contribution is -0.136. The summed E-state index contributed by atoms with van der Waals surface area (Å²) >= 11 is 0. The van der Waals surface area contributed by atoms with E-state index in [1.165, 1.54) is 0 Å². The van der Waals surface area contributed by atoms with Gasteiger partial charge in [-0.2, -0.15) is 0 Å². The summed E-state index contributed by atoms with van der Waals surface area (Å²) in [5.74, 6) is -0.266. The Morgan fingerprint density at radius 2 is 1.00 bits per heavy atom. The molecule has 0 saturated carbocycles. The van der Waals surface area contributed by atoms with Crippen molar-refractivity contribution in [3.63, 3.8) is 0 Å². The summed E-state index contributed by atoms with van der Waals surface area (Å²) < 4.78 is 13.8. The third-order valence-corrected chi connectivity index (χ3v) is 9.69. The number of halogens is 1. The van der Waals surface area contributed by atoms with Crippen LogP contribution < -0.4 is 32.3 Å². The van der Waals surface area contributed by atoms with Gasteiger partial charge in [0.1, 0.15) is 29.7 Å². The first-order valence-electron chi connectivity index (χ1n) is 23.7. The number of rotatable bonds is 19. The molecule has 0 aliphatic rings. The van der Waals surface area contributed by atoms with Crippen LogP contribution in [-0.2, 0) is 30.1 Å². The van der Waals surface area contributed by atoms with Gasteiger partial charge in [-0.3, -0.25) is 20.2 Å². The Bertz CT molecular complexity index is 2210. The number of ether oxygens (including phenoxy) is 2. The molecule has 0 aliphatic heterocycles. The molecule has 23 nitrogen and oxygen atoms in total. The van der Waals surface area contributed by atoms with E-state index in [0.29, 0.717) is 24.5 Å². The van der Waals surface area contributed by atoms with Gasteiger partial charge in [-0.1, -0.05) is 87.4 Å². The number of tetrazole rings is 2. The molecule has 3 amide bonds. The molecule has 0 fully saturated rings. The largest absolute Gasteiger partial charge is 0.480 e. The molecule has 4 rings (SSSR count). The summed E-state index contributed by atoms with van der Waals surface area (Å²) in [4.78, 5) is 47.1. The van der Waals surface area contributed by atoms with Crippen LogP contribution in [0.15, 0.2) is 60.7 Å². The fraction of sp³-hybridized carbons (Fsp3) is 0.625. The molecule has 2 aromatic heterocycles. The summed E-state index contributed by atoms with van der Waals surface area (Å²) in [6.07, 6.45) is -1.09. The van der Waals surface area contributed by atoms with Gasteiger partial charge in [0.2, 0.25) is 5.91 Å². The second-order valence-electron chi connectivity index (χ2n) is 20.7. The number of carboxylic acids is 1. The Morgan fingerprint density at radius 1 is 0.611 bits per heavy atom. The molecule has 0 radical (unpaired) electrons. The van der Waals surface area contributed by atoms with Crippen LogP contribution in [0.1, 0.15) is 157 Å². The van der Waals surface area contributed by atoms with Crippen molar-refractivity contribution in [3.8, 4) is 0 Å². The molecule has 72 heavy (non-hydrogen) atoms. The van der Waals surface area contributed by atoms with Crippen molar-refractivity contribution < 1.29 is 44.0 Å². The number of nitrogens with two attached hydrogens (primary N) is 1. The van der Waals surface area contributed by atoms with Crippen LogP contribution in [0.2, 0.25) is 0 Å². The minimum Gasteiger partial charge on any atom is -0.480 e. The zero-order valence-corrected chi connectivity index (χ0v) is 45.2. The Labute approximate surface area is 429 Å². The normalized spacial score (nSPS) is 14.2. The number of aromatic nitrogens is 8. The van der Waals surface area contributed by atoms with Crippen LogP contribution in [0.25, 0.3) is 0 Å². The maximum Gasteiger partial charge on any atom is 0.408 e. The van der Waals surface area contributed by atoms with Crippen LogP contribution in [0.3, 0.4) is 0 Å². The van der Waals surface area contributed by atoms with E-state index >= 15 is 0 Å². The second-order valence-corrected chi connectivity index (χ2v) is 20.7.